The quantitative estimate of drug-likeness (QED) is 0.229. The molecule has 2 aromatic heterocycles. The van der Waals surface area contributed by atoms with Crippen molar-refractivity contribution in [1.82, 2.24) is 9.97 Å². The van der Waals surface area contributed by atoms with E-state index in [9.17, 15) is 14.7 Å². The molecule has 3 unspecified atom stereocenters. The summed E-state index contributed by atoms with van der Waals surface area (Å²) in [5.41, 5.74) is 11.0. The molecule has 4 aliphatic rings. The van der Waals surface area contributed by atoms with Gasteiger partial charge >= 0.3 is 5.97 Å². The Labute approximate surface area is 277 Å². The van der Waals surface area contributed by atoms with Crippen LogP contribution in [-0.4, -0.2) is 50.9 Å². The molecule has 0 fully saturated rings. The molecular formula is C39H50N4O4. The van der Waals surface area contributed by atoms with Gasteiger partial charge in [-0.1, -0.05) is 40.0 Å². The van der Waals surface area contributed by atoms with Crippen molar-refractivity contribution >= 4 is 41.4 Å². The zero-order valence-corrected chi connectivity index (χ0v) is 29.0. The van der Waals surface area contributed by atoms with Crippen molar-refractivity contribution in [1.29, 1.82) is 0 Å². The Bertz CT molecular complexity index is 1850. The maximum absolute atomic E-state index is 13.6. The monoisotopic (exact) mass is 638 g/mol. The lowest BCUT2D eigenvalue weighted by Crippen LogP contribution is -2.27. The van der Waals surface area contributed by atoms with E-state index in [0.29, 0.717) is 19.4 Å². The molecule has 0 saturated carbocycles. The third-order valence-corrected chi connectivity index (χ3v) is 11.1. The van der Waals surface area contributed by atoms with E-state index in [1.165, 1.54) is 24.8 Å². The number of unbranched alkanes of at least 4 members (excludes halogenated alkanes) is 3. The molecule has 5 atom stereocenters. The van der Waals surface area contributed by atoms with Crippen LogP contribution in [0.25, 0.3) is 18.2 Å². The van der Waals surface area contributed by atoms with E-state index in [-0.39, 0.29) is 42.1 Å². The van der Waals surface area contributed by atoms with Gasteiger partial charge in [0, 0.05) is 70.2 Å². The van der Waals surface area contributed by atoms with Crippen LogP contribution in [0, 0.1) is 25.7 Å². The normalized spacial score (nSPS) is 24.9. The second kappa shape index (κ2) is 13.4. The standard InChI is InChI=1S/C39H50N4O4/c1-8-10-11-12-15-47-24(7)36-22(5)30-17-29-21(4)26(13-14-35(45)46)38(42-29)27-16-34(44)37-23(6)31(43-39(27)37)18-32-25(9-2)20(3)28(40-32)19-33(36)41-30/h17-19,21,24,26-27,38,41,43H,8-16H2,1-7H3,(H,45,46)/b30-17?,32-18-,33-19?/t21-,24?,26-,27?,38?/m0/s1. The number of allylic oxidation sites excluding steroid dienone is 2. The van der Waals surface area contributed by atoms with Gasteiger partial charge in [0.1, 0.15) is 0 Å². The highest BCUT2D eigenvalue weighted by Gasteiger charge is 2.46. The number of carboxylic acid groups (broad SMARTS) is 1. The number of carbonyl (C=O) groups excluding carboxylic acids is 1. The third kappa shape index (κ3) is 6.05. The number of aromatic nitrogens is 2. The van der Waals surface area contributed by atoms with Gasteiger partial charge in [0.25, 0.3) is 0 Å². The number of hydrogen-bond acceptors (Lipinski definition) is 5. The molecule has 2 aromatic rings. The number of rotatable bonds is 11. The lowest BCUT2D eigenvalue weighted by atomic mass is 9.78. The number of Topliss-reactive ketones (excluding diaryl/α,β-unsaturated/α-hetero) is 1. The molecule has 0 radical (unpaired) electrons. The lowest BCUT2D eigenvalue weighted by molar-refractivity contribution is -0.137. The molecule has 8 heteroatoms. The number of aliphatic carboxylic acids is 1. The van der Waals surface area contributed by atoms with Crippen LogP contribution in [0.2, 0.25) is 0 Å². The number of nitrogens with zero attached hydrogens (tertiary/aromatic N) is 2. The van der Waals surface area contributed by atoms with Crippen molar-refractivity contribution in [3.05, 3.63) is 61.2 Å². The van der Waals surface area contributed by atoms with Gasteiger partial charge in [-0.3, -0.25) is 14.6 Å². The van der Waals surface area contributed by atoms with Gasteiger partial charge in [-0.05, 0) is 93.4 Å². The van der Waals surface area contributed by atoms with E-state index >= 15 is 0 Å². The fourth-order valence-corrected chi connectivity index (χ4v) is 8.35. The molecule has 1 aliphatic carbocycles. The molecule has 8 nitrogen and oxygen atoms in total. The Morgan fingerprint density at radius 3 is 2.57 bits per heavy atom. The van der Waals surface area contributed by atoms with E-state index in [1.807, 2.05) is 6.92 Å². The molecule has 3 aliphatic heterocycles. The zero-order valence-electron chi connectivity index (χ0n) is 29.0. The van der Waals surface area contributed by atoms with Gasteiger partial charge in [-0.2, -0.15) is 0 Å². The summed E-state index contributed by atoms with van der Waals surface area (Å²) in [7, 11) is 0. The fourth-order valence-electron chi connectivity index (χ4n) is 8.35. The topological polar surface area (TPSA) is 120 Å². The lowest BCUT2D eigenvalue weighted by Gasteiger charge is -2.26. The van der Waals surface area contributed by atoms with Crippen molar-refractivity contribution in [2.24, 2.45) is 21.8 Å². The molecule has 3 N–H and O–H groups in total. The maximum atomic E-state index is 13.6. The molecule has 250 valence electrons. The summed E-state index contributed by atoms with van der Waals surface area (Å²) in [5.74, 6) is -0.757. The predicted molar refractivity (Wildman–Crippen MR) is 189 cm³/mol. The van der Waals surface area contributed by atoms with Crippen LogP contribution in [0.5, 0.6) is 0 Å². The van der Waals surface area contributed by atoms with Crippen LogP contribution in [0.1, 0.15) is 136 Å². The number of ketones is 1. The van der Waals surface area contributed by atoms with Crippen LogP contribution in [-0.2, 0) is 9.53 Å². The summed E-state index contributed by atoms with van der Waals surface area (Å²) >= 11 is 0. The summed E-state index contributed by atoms with van der Waals surface area (Å²) in [6.45, 7) is 15.7. The highest BCUT2D eigenvalue weighted by molar-refractivity contribution is 6.23. The van der Waals surface area contributed by atoms with E-state index < -0.39 is 5.97 Å². The number of aliphatic imine (C=N–C) groups is 2. The van der Waals surface area contributed by atoms with Crippen molar-refractivity contribution in [3.8, 4) is 0 Å². The van der Waals surface area contributed by atoms with Gasteiger partial charge in [0.15, 0.2) is 5.78 Å². The van der Waals surface area contributed by atoms with Gasteiger partial charge in [-0.15, -0.1) is 0 Å². The molecule has 0 amide bonds. The van der Waals surface area contributed by atoms with Crippen LogP contribution < -0.4 is 10.7 Å². The van der Waals surface area contributed by atoms with Crippen LogP contribution in [0.4, 0.5) is 0 Å². The Kier molecular flexibility index (Phi) is 9.43. The smallest absolute Gasteiger partial charge is 0.303 e. The molecule has 6 rings (SSSR count). The summed E-state index contributed by atoms with van der Waals surface area (Å²) < 4.78 is 6.44. The van der Waals surface area contributed by atoms with Gasteiger partial charge in [0.2, 0.25) is 0 Å². The van der Waals surface area contributed by atoms with Crippen LogP contribution >= 0.6 is 0 Å². The molecule has 0 saturated heterocycles. The highest BCUT2D eigenvalue weighted by Crippen LogP contribution is 2.47. The van der Waals surface area contributed by atoms with E-state index in [4.69, 9.17) is 14.7 Å². The minimum Gasteiger partial charge on any atom is -0.481 e. The number of ether oxygens (including phenoxy) is 1. The highest BCUT2D eigenvalue weighted by atomic mass is 16.5. The van der Waals surface area contributed by atoms with Crippen molar-refractivity contribution in [3.63, 3.8) is 0 Å². The Balaban J connectivity index is 1.55. The molecule has 5 heterocycles. The predicted octanol–water partition coefficient (Wildman–Crippen LogP) is 7.02. The molecule has 47 heavy (non-hydrogen) atoms. The van der Waals surface area contributed by atoms with E-state index in [1.54, 1.807) is 0 Å². The third-order valence-electron chi connectivity index (χ3n) is 11.1. The van der Waals surface area contributed by atoms with E-state index in [0.717, 1.165) is 79.9 Å². The number of H-pyrrole nitrogens is 2. The van der Waals surface area contributed by atoms with Gasteiger partial charge in [0.05, 0.1) is 23.6 Å². The van der Waals surface area contributed by atoms with Crippen molar-refractivity contribution < 1.29 is 19.4 Å². The number of aromatic amines is 2. The number of nitrogens with one attached hydrogen (secondary N) is 2. The first-order valence-corrected chi connectivity index (χ1v) is 17.6. The van der Waals surface area contributed by atoms with Gasteiger partial charge < -0.3 is 19.8 Å². The first-order valence-electron chi connectivity index (χ1n) is 17.6. The van der Waals surface area contributed by atoms with E-state index in [2.05, 4.69) is 69.7 Å². The molecular weight excluding hydrogens is 588 g/mol. The van der Waals surface area contributed by atoms with Crippen LogP contribution in [0.3, 0.4) is 0 Å². The number of fused-ring (bicyclic) bond motifs is 6. The number of carbonyl (C=O) groups is 2. The first-order chi connectivity index (χ1) is 22.5. The number of hydrogen-bond donors (Lipinski definition) is 3. The summed E-state index contributed by atoms with van der Waals surface area (Å²) in [5, 5.41) is 11.6. The zero-order chi connectivity index (χ0) is 33.6. The van der Waals surface area contributed by atoms with Crippen LogP contribution in [0.15, 0.2) is 26.8 Å². The fraction of sp³-hybridized carbons (Fsp3) is 0.538. The summed E-state index contributed by atoms with van der Waals surface area (Å²) in [4.78, 5) is 43.2. The number of carboxylic acids is 1. The Hall–Kier alpha value is -3.78. The second-order valence-corrected chi connectivity index (χ2v) is 14.0. The SMILES string of the molecule is CCCCCCOC(C)c1c(C)c2[nH]c1=CC1=N/C(=C\c3[nH]c4c(c3C)C(=O)CC4C3N=C(C=2)[C@@H](C)[C@@H]3CCC(=O)O)C(CC)=C1C. The Morgan fingerprint density at radius 1 is 1.06 bits per heavy atom. The summed E-state index contributed by atoms with van der Waals surface area (Å²) in [6.07, 6.45) is 12.7. The average molecular weight is 639 g/mol. The summed E-state index contributed by atoms with van der Waals surface area (Å²) in [6, 6.07) is -0.192. The average Bonchev–Trinajstić information content (AvgIpc) is 3.78. The Morgan fingerprint density at radius 2 is 1.85 bits per heavy atom. The van der Waals surface area contributed by atoms with Crippen molar-refractivity contribution in [2.75, 3.05) is 6.61 Å². The molecule has 0 spiro atoms. The molecule has 0 aromatic carbocycles. The minimum absolute atomic E-state index is 0.00666. The second-order valence-electron chi connectivity index (χ2n) is 14.0. The molecule has 8 bridgehead atoms. The minimum atomic E-state index is -0.806. The first kappa shape index (κ1) is 33.1. The maximum Gasteiger partial charge on any atom is 0.303 e. The largest absolute Gasteiger partial charge is 0.481 e. The van der Waals surface area contributed by atoms with Crippen molar-refractivity contribution in [2.45, 2.75) is 118 Å². The van der Waals surface area contributed by atoms with Gasteiger partial charge in [-0.25, -0.2) is 4.99 Å².